The Morgan fingerprint density at radius 2 is 2.00 bits per heavy atom. The summed E-state index contributed by atoms with van der Waals surface area (Å²) in [5, 5.41) is 11.7. The van der Waals surface area contributed by atoms with Gasteiger partial charge in [-0.25, -0.2) is 0 Å². The van der Waals surface area contributed by atoms with E-state index in [-0.39, 0.29) is 5.41 Å². The molecule has 122 valence electrons. The van der Waals surface area contributed by atoms with Gasteiger partial charge >= 0.3 is 0 Å². The van der Waals surface area contributed by atoms with Crippen LogP contribution in [0.2, 0.25) is 0 Å². The van der Waals surface area contributed by atoms with Gasteiger partial charge < -0.3 is 5.11 Å². The van der Waals surface area contributed by atoms with Crippen molar-refractivity contribution in [1.29, 1.82) is 0 Å². The van der Waals surface area contributed by atoms with Gasteiger partial charge in [0.05, 0.1) is 19.8 Å². The van der Waals surface area contributed by atoms with Gasteiger partial charge in [0.25, 0.3) is 0 Å². The molecule has 0 amide bonds. The van der Waals surface area contributed by atoms with Crippen LogP contribution < -0.4 is 0 Å². The lowest BCUT2D eigenvalue weighted by Crippen LogP contribution is -2.30. The molecule has 0 aromatic heterocycles. The number of aromatic hydroxyl groups is 1. The molecule has 2 aliphatic rings. The number of phenolic OH excluding ortho intramolecular Hbond substituents is 1. The van der Waals surface area contributed by atoms with Crippen molar-refractivity contribution in [2.24, 2.45) is 0 Å². The lowest BCUT2D eigenvalue weighted by atomic mass is 9.71. The minimum Gasteiger partial charge on any atom is -0.508 e. The Kier molecular flexibility index (Phi) is 5.01. The Labute approximate surface area is 132 Å². The van der Waals surface area contributed by atoms with E-state index >= 15 is 0 Å². The second kappa shape index (κ2) is 6.99. The van der Waals surface area contributed by atoms with Crippen molar-refractivity contribution < 1.29 is 14.8 Å². The molecule has 0 spiro atoms. The first-order chi connectivity index (χ1) is 10.7. The predicted molar refractivity (Wildman–Crippen MR) is 85.2 cm³/mol. The molecule has 0 unspecified atom stereocenters. The van der Waals surface area contributed by atoms with Crippen molar-refractivity contribution >= 4 is 0 Å². The highest BCUT2D eigenvalue weighted by molar-refractivity contribution is 5.39. The standard InChI is InChI=1S/C18H27NO3/c1-18(9-3-2-4-10-18)16-7-8-17(20)15(13-16)14-22-19-11-5-6-12-21-19/h7-8,13,20H,2-6,9-12,14H2,1H3. The third kappa shape index (κ3) is 3.62. The molecule has 1 aromatic carbocycles. The average molecular weight is 305 g/mol. The summed E-state index contributed by atoms with van der Waals surface area (Å²) in [6.45, 7) is 4.20. The Morgan fingerprint density at radius 3 is 2.73 bits per heavy atom. The fourth-order valence-electron chi connectivity index (χ4n) is 3.51. The first kappa shape index (κ1) is 15.8. The van der Waals surface area contributed by atoms with E-state index in [9.17, 15) is 5.11 Å². The highest BCUT2D eigenvalue weighted by Gasteiger charge is 2.29. The molecule has 0 bridgehead atoms. The molecule has 1 saturated heterocycles. The van der Waals surface area contributed by atoms with Crippen molar-refractivity contribution in [3.8, 4) is 5.75 Å². The lowest BCUT2D eigenvalue weighted by Gasteiger charge is -2.34. The zero-order chi connectivity index (χ0) is 15.4. The quantitative estimate of drug-likeness (QED) is 0.910. The molecule has 1 N–H and O–H groups in total. The Balaban J connectivity index is 1.69. The van der Waals surface area contributed by atoms with Crippen LogP contribution in [0.4, 0.5) is 0 Å². The minimum absolute atomic E-state index is 0.238. The molecule has 4 nitrogen and oxygen atoms in total. The van der Waals surface area contributed by atoms with E-state index in [0.717, 1.165) is 24.9 Å². The van der Waals surface area contributed by atoms with Crippen LogP contribution in [-0.4, -0.2) is 23.5 Å². The Bertz CT molecular complexity index is 491. The van der Waals surface area contributed by atoms with Crippen LogP contribution in [0.25, 0.3) is 0 Å². The molecular weight excluding hydrogens is 278 g/mol. The van der Waals surface area contributed by atoms with Crippen molar-refractivity contribution in [3.63, 3.8) is 0 Å². The Morgan fingerprint density at radius 1 is 1.18 bits per heavy atom. The third-order valence-corrected chi connectivity index (χ3v) is 5.07. The summed E-state index contributed by atoms with van der Waals surface area (Å²) in [4.78, 5) is 11.1. The van der Waals surface area contributed by atoms with E-state index in [2.05, 4.69) is 19.1 Å². The normalized spacial score (nSPS) is 22.6. The second-order valence-corrected chi connectivity index (χ2v) is 6.83. The van der Waals surface area contributed by atoms with Gasteiger partial charge in [0.15, 0.2) is 0 Å². The van der Waals surface area contributed by atoms with Crippen LogP contribution >= 0.6 is 0 Å². The zero-order valence-electron chi connectivity index (χ0n) is 13.5. The largest absolute Gasteiger partial charge is 0.508 e. The molecule has 4 heteroatoms. The number of phenols is 1. The van der Waals surface area contributed by atoms with E-state index in [0.29, 0.717) is 19.0 Å². The van der Waals surface area contributed by atoms with Crippen LogP contribution in [-0.2, 0) is 21.7 Å². The van der Waals surface area contributed by atoms with E-state index in [4.69, 9.17) is 9.68 Å². The molecule has 0 radical (unpaired) electrons. The number of hydroxylamine groups is 2. The SMILES string of the molecule is CC1(c2ccc(O)c(CON3CCCCO3)c2)CCCCC1. The number of benzene rings is 1. The molecule has 1 heterocycles. The van der Waals surface area contributed by atoms with E-state index in [1.54, 1.807) is 5.23 Å². The maximum absolute atomic E-state index is 10.1. The molecule has 2 fully saturated rings. The van der Waals surface area contributed by atoms with Gasteiger partial charge in [-0.15, -0.1) is 0 Å². The van der Waals surface area contributed by atoms with Gasteiger partial charge in [0.2, 0.25) is 0 Å². The van der Waals surface area contributed by atoms with Crippen LogP contribution in [0.5, 0.6) is 5.75 Å². The van der Waals surface area contributed by atoms with Gasteiger partial charge in [0, 0.05) is 5.56 Å². The third-order valence-electron chi connectivity index (χ3n) is 5.07. The summed E-state index contributed by atoms with van der Waals surface area (Å²) in [6.07, 6.45) is 8.56. The van der Waals surface area contributed by atoms with E-state index in [1.807, 2.05) is 6.07 Å². The molecule has 1 saturated carbocycles. The highest BCUT2D eigenvalue weighted by atomic mass is 16.9. The number of hydrogen-bond acceptors (Lipinski definition) is 4. The fraction of sp³-hybridized carbons (Fsp3) is 0.667. The molecule has 22 heavy (non-hydrogen) atoms. The monoisotopic (exact) mass is 305 g/mol. The molecule has 1 aliphatic heterocycles. The van der Waals surface area contributed by atoms with E-state index < -0.39 is 0 Å². The fourth-order valence-corrected chi connectivity index (χ4v) is 3.51. The minimum atomic E-state index is 0.238. The molecule has 3 rings (SSSR count). The maximum atomic E-state index is 10.1. The Hall–Kier alpha value is -1.10. The topological polar surface area (TPSA) is 41.9 Å². The van der Waals surface area contributed by atoms with Crippen molar-refractivity contribution in [3.05, 3.63) is 29.3 Å². The van der Waals surface area contributed by atoms with Crippen molar-refractivity contribution in [1.82, 2.24) is 5.23 Å². The smallest absolute Gasteiger partial charge is 0.121 e. The number of rotatable bonds is 4. The first-order valence-electron chi connectivity index (χ1n) is 8.53. The van der Waals surface area contributed by atoms with Gasteiger partial charge in [0.1, 0.15) is 5.75 Å². The number of nitrogens with zero attached hydrogens (tertiary/aromatic N) is 1. The summed E-state index contributed by atoms with van der Waals surface area (Å²) in [5.74, 6) is 0.306. The van der Waals surface area contributed by atoms with Gasteiger partial charge in [-0.3, -0.25) is 9.68 Å². The molecule has 1 aliphatic carbocycles. The van der Waals surface area contributed by atoms with E-state index in [1.165, 1.54) is 37.7 Å². The average Bonchev–Trinajstić information content (AvgIpc) is 2.55. The summed E-state index contributed by atoms with van der Waals surface area (Å²) >= 11 is 0. The van der Waals surface area contributed by atoms with Gasteiger partial charge in [-0.05, 0) is 48.8 Å². The summed E-state index contributed by atoms with van der Waals surface area (Å²) in [7, 11) is 0. The van der Waals surface area contributed by atoms with Crippen LogP contribution in [0.15, 0.2) is 18.2 Å². The van der Waals surface area contributed by atoms with Crippen LogP contribution in [0.3, 0.4) is 0 Å². The maximum Gasteiger partial charge on any atom is 0.121 e. The van der Waals surface area contributed by atoms with Crippen LogP contribution in [0.1, 0.15) is 63.0 Å². The van der Waals surface area contributed by atoms with Crippen LogP contribution in [0, 0.1) is 0 Å². The molecular formula is C18H27NO3. The first-order valence-corrected chi connectivity index (χ1v) is 8.53. The predicted octanol–water partition coefficient (Wildman–Crippen LogP) is 4.07. The van der Waals surface area contributed by atoms with Crippen molar-refractivity contribution in [2.45, 2.75) is 63.9 Å². The zero-order valence-corrected chi connectivity index (χ0v) is 13.5. The molecule has 0 atom stereocenters. The van der Waals surface area contributed by atoms with Gasteiger partial charge in [-0.1, -0.05) is 37.5 Å². The lowest BCUT2D eigenvalue weighted by molar-refractivity contribution is -0.385. The summed E-state index contributed by atoms with van der Waals surface area (Å²) in [5.41, 5.74) is 2.41. The van der Waals surface area contributed by atoms with Crippen molar-refractivity contribution in [2.75, 3.05) is 13.2 Å². The number of hydrogen-bond donors (Lipinski definition) is 1. The highest BCUT2D eigenvalue weighted by Crippen LogP contribution is 2.40. The summed E-state index contributed by atoms with van der Waals surface area (Å²) < 4.78 is 0. The second-order valence-electron chi connectivity index (χ2n) is 6.83. The summed E-state index contributed by atoms with van der Waals surface area (Å²) in [6, 6.07) is 6.00. The molecule has 1 aromatic rings. The van der Waals surface area contributed by atoms with Gasteiger partial charge in [-0.2, -0.15) is 0 Å².